The fraction of sp³-hybridized carbons (Fsp3) is 0.0909. The minimum Gasteiger partial charge on any atom is -0.508 e. The maximum absolute atomic E-state index is 12.7. The Kier molecular flexibility index (Phi) is 4.38. The molecule has 0 aliphatic rings. The zero-order valence-electron chi connectivity index (χ0n) is 14.7. The largest absolute Gasteiger partial charge is 0.508 e. The highest BCUT2D eigenvalue weighted by Gasteiger charge is 2.15. The van der Waals surface area contributed by atoms with Crippen molar-refractivity contribution < 1.29 is 5.11 Å². The highest BCUT2D eigenvalue weighted by molar-refractivity contribution is 7.71. The van der Waals surface area contributed by atoms with E-state index in [1.165, 1.54) is 0 Å². The highest BCUT2D eigenvalue weighted by Crippen LogP contribution is 2.30. The van der Waals surface area contributed by atoms with Gasteiger partial charge in [-0.1, -0.05) is 60.2 Å². The minimum atomic E-state index is -0.248. The van der Waals surface area contributed by atoms with Crippen LogP contribution in [0.25, 0.3) is 22.0 Å². The quantitative estimate of drug-likeness (QED) is 0.449. The van der Waals surface area contributed by atoms with Gasteiger partial charge in [0.15, 0.2) is 4.77 Å². The van der Waals surface area contributed by atoms with E-state index in [9.17, 15) is 9.90 Å². The number of hydrogen-bond acceptors (Lipinski definition) is 3. The smallest absolute Gasteiger partial charge is 0.255 e. The van der Waals surface area contributed by atoms with Gasteiger partial charge in [0.2, 0.25) is 0 Å². The lowest BCUT2D eigenvalue weighted by Crippen LogP contribution is -2.16. The molecule has 3 N–H and O–H groups in total. The molecule has 0 atom stereocenters. The van der Waals surface area contributed by atoms with Gasteiger partial charge >= 0.3 is 0 Å². The average molecular weight is 374 g/mol. The summed E-state index contributed by atoms with van der Waals surface area (Å²) in [7, 11) is 0. The number of rotatable bonds is 3. The molecule has 134 valence electrons. The molecule has 0 unspecified atom stereocenters. The number of nitrogens with one attached hydrogen (secondary N) is 2. The summed E-state index contributed by atoms with van der Waals surface area (Å²) in [6.45, 7) is 2.01. The Labute approximate surface area is 161 Å². The number of hydrogen-bond donors (Lipinski definition) is 3. The van der Waals surface area contributed by atoms with Crippen LogP contribution in [0.4, 0.5) is 0 Å². The van der Waals surface area contributed by atoms with Crippen molar-refractivity contribution >= 4 is 23.0 Å². The van der Waals surface area contributed by atoms with E-state index >= 15 is 0 Å². The number of aromatic nitrogens is 2. The van der Waals surface area contributed by atoms with E-state index in [1.807, 2.05) is 61.5 Å². The first-order valence-corrected chi connectivity index (χ1v) is 9.06. The molecule has 0 radical (unpaired) electrons. The van der Waals surface area contributed by atoms with E-state index in [0.29, 0.717) is 11.3 Å². The lowest BCUT2D eigenvalue weighted by molar-refractivity contribution is 0.470. The lowest BCUT2D eigenvalue weighted by Gasteiger charge is -2.13. The Bertz CT molecular complexity index is 1250. The third-order valence-corrected chi connectivity index (χ3v) is 4.96. The molecule has 0 saturated heterocycles. The summed E-state index contributed by atoms with van der Waals surface area (Å²) >= 11 is 5.18. The van der Waals surface area contributed by atoms with Crippen LogP contribution in [0, 0.1) is 11.7 Å². The van der Waals surface area contributed by atoms with Crippen molar-refractivity contribution in [3.8, 4) is 17.0 Å². The molecule has 4 rings (SSSR count). The van der Waals surface area contributed by atoms with E-state index in [-0.39, 0.29) is 22.5 Å². The molecule has 1 aromatic heterocycles. The Hall–Kier alpha value is -3.18. The summed E-state index contributed by atoms with van der Waals surface area (Å²) < 4.78 is 0.279. The second-order valence-electron chi connectivity index (χ2n) is 6.59. The molecule has 4 nitrogen and oxygen atoms in total. The van der Waals surface area contributed by atoms with Crippen LogP contribution in [0.3, 0.4) is 0 Å². The molecule has 0 aliphatic heterocycles. The first-order chi connectivity index (χ1) is 13.0. The molecule has 0 spiro atoms. The second-order valence-corrected chi connectivity index (χ2v) is 7.00. The fourth-order valence-corrected chi connectivity index (χ4v) is 3.53. The van der Waals surface area contributed by atoms with Gasteiger partial charge in [-0.3, -0.25) is 9.78 Å². The molecule has 0 bridgehead atoms. The summed E-state index contributed by atoms with van der Waals surface area (Å²) in [5, 5.41) is 12.4. The summed E-state index contributed by atoms with van der Waals surface area (Å²) in [6, 6.07) is 19.3. The number of benzene rings is 3. The fourth-order valence-electron chi connectivity index (χ4n) is 3.33. The Morgan fingerprint density at radius 2 is 1.67 bits per heavy atom. The van der Waals surface area contributed by atoms with E-state index in [1.54, 1.807) is 6.07 Å². The Morgan fingerprint density at radius 1 is 0.926 bits per heavy atom. The zero-order valence-corrected chi connectivity index (χ0v) is 15.6. The number of phenolic OH excluding ortho intramolecular Hbond substituents is 1. The van der Waals surface area contributed by atoms with Crippen molar-refractivity contribution in [1.29, 1.82) is 0 Å². The first-order valence-electron chi connectivity index (χ1n) is 8.65. The summed E-state index contributed by atoms with van der Waals surface area (Å²) in [5.41, 5.74) is 3.71. The molecule has 4 aromatic rings. The number of phenols is 1. The van der Waals surface area contributed by atoms with Crippen LogP contribution in [0.5, 0.6) is 5.75 Å². The minimum absolute atomic E-state index is 0.172. The van der Waals surface area contributed by atoms with Gasteiger partial charge in [0.1, 0.15) is 5.75 Å². The summed E-state index contributed by atoms with van der Waals surface area (Å²) in [4.78, 5) is 18.5. The molecular weight excluding hydrogens is 356 g/mol. The second kappa shape index (κ2) is 6.85. The van der Waals surface area contributed by atoms with Crippen LogP contribution in [0.15, 0.2) is 65.5 Å². The van der Waals surface area contributed by atoms with Crippen LogP contribution in [0.1, 0.15) is 16.7 Å². The van der Waals surface area contributed by atoms with E-state index in [2.05, 4.69) is 9.97 Å². The molecule has 1 heterocycles. The molecular formula is C22H18N2O2S. The van der Waals surface area contributed by atoms with Gasteiger partial charge in [0.25, 0.3) is 5.56 Å². The zero-order chi connectivity index (χ0) is 19.0. The van der Waals surface area contributed by atoms with Gasteiger partial charge in [-0.2, -0.15) is 0 Å². The number of fused-ring (bicyclic) bond motifs is 1. The maximum atomic E-state index is 12.7. The predicted molar refractivity (Wildman–Crippen MR) is 111 cm³/mol. The monoisotopic (exact) mass is 374 g/mol. The molecule has 5 heteroatoms. The van der Waals surface area contributed by atoms with Crippen molar-refractivity contribution in [2.75, 3.05) is 0 Å². The first kappa shape index (κ1) is 17.2. The number of aryl methyl sites for hydroxylation is 1. The molecule has 0 fully saturated rings. The van der Waals surface area contributed by atoms with Gasteiger partial charge in [-0.05, 0) is 41.5 Å². The van der Waals surface area contributed by atoms with Crippen molar-refractivity contribution in [2.45, 2.75) is 13.3 Å². The number of aromatic hydroxyl groups is 1. The summed E-state index contributed by atoms with van der Waals surface area (Å²) in [6.07, 6.45) is 0.290. The van der Waals surface area contributed by atoms with Gasteiger partial charge in [0, 0.05) is 17.5 Å². The average Bonchev–Trinajstić information content (AvgIpc) is 2.66. The van der Waals surface area contributed by atoms with Crippen LogP contribution >= 0.6 is 12.2 Å². The van der Waals surface area contributed by atoms with Crippen LogP contribution < -0.4 is 5.56 Å². The third kappa shape index (κ3) is 3.29. The third-order valence-electron chi connectivity index (χ3n) is 4.75. The van der Waals surface area contributed by atoms with Crippen molar-refractivity contribution in [1.82, 2.24) is 9.97 Å². The summed E-state index contributed by atoms with van der Waals surface area (Å²) in [5.74, 6) is 0.172. The van der Waals surface area contributed by atoms with Crippen LogP contribution in [-0.4, -0.2) is 15.1 Å². The maximum Gasteiger partial charge on any atom is 0.255 e. The lowest BCUT2D eigenvalue weighted by atomic mass is 9.95. The molecule has 0 amide bonds. The SMILES string of the molecule is Cc1ccc(-c2[nH]c(=S)[nH]c(=O)c2Cc2c(O)ccc3ccccc23)cc1. The normalized spacial score (nSPS) is 11.0. The van der Waals surface area contributed by atoms with E-state index in [0.717, 1.165) is 27.5 Å². The van der Waals surface area contributed by atoms with Crippen molar-refractivity contribution in [2.24, 2.45) is 0 Å². The van der Waals surface area contributed by atoms with Gasteiger partial charge in [-0.25, -0.2) is 0 Å². The van der Waals surface area contributed by atoms with Gasteiger partial charge in [0.05, 0.1) is 5.69 Å². The molecule has 27 heavy (non-hydrogen) atoms. The van der Waals surface area contributed by atoms with Crippen molar-refractivity contribution in [3.63, 3.8) is 0 Å². The van der Waals surface area contributed by atoms with E-state index in [4.69, 9.17) is 12.2 Å². The van der Waals surface area contributed by atoms with Crippen LogP contribution in [0.2, 0.25) is 0 Å². The van der Waals surface area contributed by atoms with Crippen LogP contribution in [-0.2, 0) is 6.42 Å². The highest BCUT2D eigenvalue weighted by atomic mass is 32.1. The van der Waals surface area contributed by atoms with E-state index < -0.39 is 0 Å². The molecule has 0 aliphatic carbocycles. The number of aromatic amines is 2. The topological polar surface area (TPSA) is 68.9 Å². The number of H-pyrrole nitrogens is 2. The Morgan fingerprint density at radius 3 is 2.44 bits per heavy atom. The van der Waals surface area contributed by atoms with Crippen molar-refractivity contribution in [3.05, 3.63) is 92.5 Å². The van der Waals surface area contributed by atoms with Gasteiger partial charge < -0.3 is 10.1 Å². The predicted octanol–water partition coefficient (Wildman–Crippen LogP) is 4.86. The van der Waals surface area contributed by atoms with Gasteiger partial charge in [-0.15, -0.1) is 0 Å². The Balaban J connectivity index is 1.93. The standard InChI is InChI=1S/C22H18N2O2S/c1-13-6-8-15(9-7-13)20-18(21(26)24-22(27)23-20)12-17-16-5-3-2-4-14(16)10-11-19(17)25/h2-11,25H,12H2,1H3,(H2,23,24,26,27). The molecule has 3 aromatic carbocycles. The molecule has 0 saturated carbocycles.